The van der Waals surface area contributed by atoms with Gasteiger partial charge in [0.2, 0.25) is 0 Å². The molecule has 4 nitrogen and oxygen atoms in total. The van der Waals surface area contributed by atoms with Crippen LogP contribution in [0, 0.1) is 0 Å². The summed E-state index contributed by atoms with van der Waals surface area (Å²) >= 11 is 7.55. The fourth-order valence-corrected chi connectivity index (χ4v) is 3.16. The van der Waals surface area contributed by atoms with Gasteiger partial charge in [0.05, 0.1) is 16.1 Å². The van der Waals surface area contributed by atoms with Crippen LogP contribution >= 0.6 is 22.9 Å². The second kappa shape index (κ2) is 5.44. The van der Waals surface area contributed by atoms with Crippen molar-refractivity contribution in [2.24, 2.45) is 0 Å². The summed E-state index contributed by atoms with van der Waals surface area (Å²) in [5.41, 5.74) is 2.62. The monoisotopic (exact) mass is 307 g/mol. The van der Waals surface area contributed by atoms with Crippen molar-refractivity contribution >= 4 is 34.0 Å². The first-order valence-corrected chi connectivity index (χ1v) is 7.56. The molecule has 3 aromatic rings. The number of thiophene rings is 1. The van der Waals surface area contributed by atoms with E-state index in [1.807, 2.05) is 29.6 Å². The van der Waals surface area contributed by atoms with Gasteiger partial charge in [-0.25, -0.2) is 4.79 Å². The molecule has 20 heavy (non-hydrogen) atoms. The van der Waals surface area contributed by atoms with Crippen molar-refractivity contribution in [2.75, 3.05) is 0 Å². The van der Waals surface area contributed by atoms with Crippen LogP contribution < -0.4 is 11.0 Å². The summed E-state index contributed by atoms with van der Waals surface area (Å²) in [7, 11) is 0. The number of aromatic nitrogens is 2. The molecule has 0 fully saturated rings. The molecule has 0 aliphatic heterocycles. The lowest BCUT2D eigenvalue weighted by Crippen LogP contribution is -2.17. The highest BCUT2D eigenvalue weighted by molar-refractivity contribution is 7.10. The Morgan fingerprint density at radius 3 is 2.85 bits per heavy atom. The summed E-state index contributed by atoms with van der Waals surface area (Å²) in [6, 6.07) is 8.10. The zero-order valence-corrected chi connectivity index (χ0v) is 12.4. The van der Waals surface area contributed by atoms with Gasteiger partial charge in [-0.15, -0.1) is 11.3 Å². The molecule has 0 saturated heterocycles. The molecule has 3 rings (SSSR count). The fourth-order valence-electron chi connectivity index (χ4n) is 2.14. The second-order valence-corrected chi connectivity index (χ2v) is 6.15. The number of fused-ring (bicyclic) bond motifs is 1. The Balaban J connectivity index is 1.74. The molecule has 6 heteroatoms. The van der Waals surface area contributed by atoms with Crippen LogP contribution in [0.5, 0.6) is 0 Å². The molecule has 1 atom stereocenters. The largest absolute Gasteiger partial charge is 0.323 e. The molecule has 0 radical (unpaired) electrons. The average Bonchev–Trinajstić information content (AvgIpc) is 2.99. The van der Waals surface area contributed by atoms with Crippen LogP contribution in [0.3, 0.4) is 0 Å². The maximum atomic E-state index is 11.2. The lowest BCUT2D eigenvalue weighted by atomic mass is 10.1. The van der Waals surface area contributed by atoms with Crippen LogP contribution in [-0.2, 0) is 6.54 Å². The minimum Gasteiger partial charge on any atom is -0.306 e. The molecule has 2 heterocycles. The molecule has 0 bridgehead atoms. The summed E-state index contributed by atoms with van der Waals surface area (Å²) in [4.78, 5) is 18.0. The number of benzene rings is 1. The number of hydrogen-bond acceptors (Lipinski definition) is 3. The van der Waals surface area contributed by atoms with Gasteiger partial charge in [0.25, 0.3) is 0 Å². The lowest BCUT2D eigenvalue weighted by molar-refractivity contribution is 0.579. The van der Waals surface area contributed by atoms with Gasteiger partial charge in [-0.2, -0.15) is 0 Å². The Kier molecular flexibility index (Phi) is 3.65. The Morgan fingerprint density at radius 1 is 1.30 bits per heavy atom. The van der Waals surface area contributed by atoms with Crippen molar-refractivity contribution in [3.63, 3.8) is 0 Å². The maximum Gasteiger partial charge on any atom is 0.323 e. The van der Waals surface area contributed by atoms with Gasteiger partial charge in [0.15, 0.2) is 0 Å². The average molecular weight is 308 g/mol. The number of H-pyrrole nitrogens is 2. The molecule has 0 amide bonds. The van der Waals surface area contributed by atoms with Gasteiger partial charge < -0.3 is 15.3 Å². The van der Waals surface area contributed by atoms with E-state index in [-0.39, 0.29) is 11.7 Å². The molecule has 3 N–H and O–H groups in total. The third-order valence-corrected chi connectivity index (χ3v) is 4.53. The van der Waals surface area contributed by atoms with Crippen molar-refractivity contribution in [1.29, 1.82) is 0 Å². The van der Waals surface area contributed by atoms with E-state index >= 15 is 0 Å². The normalized spacial score (nSPS) is 12.9. The molecular formula is C14H14ClN3OS. The van der Waals surface area contributed by atoms with Crippen LogP contribution in [0.4, 0.5) is 0 Å². The zero-order chi connectivity index (χ0) is 14.1. The number of nitrogens with one attached hydrogen (secondary N) is 3. The zero-order valence-electron chi connectivity index (χ0n) is 10.9. The Bertz CT molecular complexity index is 789. The van der Waals surface area contributed by atoms with Gasteiger partial charge in [-0.05, 0) is 30.7 Å². The SMILES string of the molecule is CC(NCc1cc(Cl)cs1)c1ccc2[nH]c(=O)[nH]c2c1. The summed E-state index contributed by atoms with van der Waals surface area (Å²) in [6.45, 7) is 2.88. The summed E-state index contributed by atoms with van der Waals surface area (Å²) in [5, 5.41) is 6.16. The summed E-state index contributed by atoms with van der Waals surface area (Å²) in [6.07, 6.45) is 0. The number of hydrogen-bond donors (Lipinski definition) is 3. The first-order chi connectivity index (χ1) is 9.61. The molecule has 2 aromatic heterocycles. The van der Waals surface area contributed by atoms with Crippen LogP contribution in [0.15, 0.2) is 34.4 Å². The highest BCUT2D eigenvalue weighted by atomic mass is 35.5. The van der Waals surface area contributed by atoms with E-state index in [0.717, 1.165) is 28.2 Å². The molecule has 0 spiro atoms. The number of rotatable bonds is 4. The van der Waals surface area contributed by atoms with Crippen LogP contribution in [0.1, 0.15) is 23.4 Å². The first-order valence-electron chi connectivity index (χ1n) is 6.30. The molecule has 1 aromatic carbocycles. The Morgan fingerprint density at radius 2 is 2.10 bits per heavy atom. The quantitative estimate of drug-likeness (QED) is 0.691. The van der Waals surface area contributed by atoms with Crippen LogP contribution in [-0.4, -0.2) is 9.97 Å². The smallest absolute Gasteiger partial charge is 0.306 e. The van der Waals surface area contributed by atoms with E-state index in [1.54, 1.807) is 11.3 Å². The van der Waals surface area contributed by atoms with E-state index in [0.29, 0.717) is 0 Å². The van der Waals surface area contributed by atoms with E-state index < -0.39 is 0 Å². The van der Waals surface area contributed by atoms with Crippen molar-refractivity contribution in [3.05, 3.63) is 55.6 Å². The van der Waals surface area contributed by atoms with Gasteiger partial charge in [-0.1, -0.05) is 17.7 Å². The van der Waals surface area contributed by atoms with E-state index in [9.17, 15) is 4.79 Å². The van der Waals surface area contributed by atoms with Crippen molar-refractivity contribution in [3.8, 4) is 0 Å². The minimum atomic E-state index is -0.175. The third-order valence-electron chi connectivity index (χ3n) is 3.24. The maximum absolute atomic E-state index is 11.2. The van der Waals surface area contributed by atoms with E-state index in [1.165, 1.54) is 4.88 Å². The highest BCUT2D eigenvalue weighted by Gasteiger charge is 2.08. The van der Waals surface area contributed by atoms with Gasteiger partial charge in [0.1, 0.15) is 0 Å². The first kappa shape index (κ1) is 13.4. The van der Waals surface area contributed by atoms with Crippen LogP contribution in [0.2, 0.25) is 5.02 Å². The molecule has 1 unspecified atom stereocenters. The molecule has 0 saturated carbocycles. The predicted molar refractivity (Wildman–Crippen MR) is 83.5 cm³/mol. The van der Waals surface area contributed by atoms with E-state index in [4.69, 9.17) is 11.6 Å². The van der Waals surface area contributed by atoms with E-state index in [2.05, 4.69) is 22.2 Å². The molecule has 0 aliphatic rings. The standard InChI is InChI=1S/C14H14ClN3OS/c1-8(16-6-11-5-10(15)7-20-11)9-2-3-12-13(4-9)18-14(19)17-12/h2-5,7-8,16H,6H2,1H3,(H2,17,18,19). The molecular weight excluding hydrogens is 294 g/mol. The highest BCUT2D eigenvalue weighted by Crippen LogP contribution is 2.21. The Hall–Kier alpha value is -1.56. The predicted octanol–water partition coefficient (Wildman–Crippen LogP) is 3.42. The van der Waals surface area contributed by atoms with Crippen molar-refractivity contribution in [1.82, 2.24) is 15.3 Å². The van der Waals surface area contributed by atoms with Gasteiger partial charge in [0, 0.05) is 22.8 Å². The topological polar surface area (TPSA) is 60.7 Å². The van der Waals surface area contributed by atoms with Crippen molar-refractivity contribution in [2.45, 2.75) is 19.5 Å². The van der Waals surface area contributed by atoms with Crippen LogP contribution in [0.25, 0.3) is 11.0 Å². The van der Waals surface area contributed by atoms with Gasteiger partial charge >= 0.3 is 5.69 Å². The third kappa shape index (κ3) is 2.80. The lowest BCUT2D eigenvalue weighted by Gasteiger charge is -2.13. The molecule has 104 valence electrons. The molecule has 0 aliphatic carbocycles. The summed E-state index contributed by atoms with van der Waals surface area (Å²) in [5.74, 6) is 0. The number of halogens is 1. The van der Waals surface area contributed by atoms with Crippen molar-refractivity contribution < 1.29 is 0 Å². The fraction of sp³-hybridized carbons (Fsp3) is 0.214. The minimum absolute atomic E-state index is 0.175. The number of imidazole rings is 1. The number of aromatic amines is 2. The second-order valence-electron chi connectivity index (χ2n) is 4.72. The summed E-state index contributed by atoms with van der Waals surface area (Å²) < 4.78 is 0. The Labute approximate surface area is 124 Å². The van der Waals surface area contributed by atoms with Gasteiger partial charge in [-0.3, -0.25) is 0 Å².